The van der Waals surface area contributed by atoms with E-state index in [2.05, 4.69) is 4.89 Å². The number of benzene rings is 2. The Labute approximate surface area is 137 Å². The van der Waals surface area contributed by atoms with E-state index >= 15 is 0 Å². The fourth-order valence-corrected chi connectivity index (χ4v) is 3.61. The molecular weight excluding hydrogens is 288 g/mol. The highest BCUT2D eigenvalue weighted by Gasteiger charge is 2.48. The maximum absolute atomic E-state index is 12.5. The van der Waals surface area contributed by atoms with Crippen LogP contribution in [0.4, 0.5) is 0 Å². The summed E-state index contributed by atoms with van der Waals surface area (Å²) in [6.07, 6.45) is 0. The summed E-state index contributed by atoms with van der Waals surface area (Å²) < 4.78 is 0. The highest BCUT2D eigenvalue weighted by atomic mass is 17.1. The first kappa shape index (κ1) is 17.2. The molecule has 3 heteroatoms. The van der Waals surface area contributed by atoms with E-state index in [1.165, 1.54) is 0 Å². The molecule has 1 N–H and O–H groups in total. The summed E-state index contributed by atoms with van der Waals surface area (Å²) in [6.45, 7) is 8.03. The Bertz CT molecular complexity index is 594. The first-order valence-corrected chi connectivity index (χ1v) is 7.78. The second kappa shape index (κ2) is 6.55. The van der Waals surface area contributed by atoms with Gasteiger partial charge in [0, 0.05) is 10.8 Å². The third kappa shape index (κ3) is 3.30. The molecule has 2 aromatic rings. The fraction of sp³-hybridized carbons (Fsp3) is 0.350. The molecule has 0 fully saturated rings. The topological polar surface area (TPSA) is 46.5 Å². The van der Waals surface area contributed by atoms with Crippen LogP contribution in [-0.2, 0) is 20.5 Å². The quantitative estimate of drug-likeness (QED) is 0.649. The summed E-state index contributed by atoms with van der Waals surface area (Å²) in [6, 6.07) is 19.7. The van der Waals surface area contributed by atoms with E-state index in [1.807, 2.05) is 88.4 Å². The summed E-state index contributed by atoms with van der Waals surface area (Å²) in [7, 11) is 0. The minimum atomic E-state index is -0.618. The molecule has 2 rings (SSSR count). The van der Waals surface area contributed by atoms with Gasteiger partial charge in [0.1, 0.15) is 0 Å². The second-order valence-corrected chi connectivity index (χ2v) is 7.02. The molecule has 23 heavy (non-hydrogen) atoms. The standard InChI is InChI=1S/C20H24O3/c1-19(2,15-11-7-5-8-12-15)17(18(21)23-22)20(3,4)16-13-9-6-10-14-16/h5-14,17,22H,1-4H3. The maximum Gasteiger partial charge on any atom is 0.346 e. The Morgan fingerprint density at radius 2 is 1.17 bits per heavy atom. The van der Waals surface area contributed by atoms with E-state index in [4.69, 9.17) is 5.26 Å². The van der Waals surface area contributed by atoms with Gasteiger partial charge in [-0.25, -0.2) is 4.79 Å². The Morgan fingerprint density at radius 3 is 1.48 bits per heavy atom. The molecule has 0 bridgehead atoms. The van der Waals surface area contributed by atoms with Crippen molar-refractivity contribution in [3.05, 3.63) is 71.8 Å². The number of carbonyl (C=O) groups is 1. The third-order valence-corrected chi connectivity index (χ3v) is 4.80. The Balaban J connectivity index is 2.56. The van der Waals surface area contributed by atoms with E-state index in [0.29, 0.717) is 0 Å². The largest absolute Gasteiger partial charge is 0.346 e. The molecule has 0 saturated heterocycles. The van der Waals surface area contributed by atoms with Crippen LogP contribution in [0, 0.1) is 5.92 Å². The van der Waals surface area contributed by atoms with Crippen molar-refractivity contribution in [2.75, 3.05) is 0 Å². The molecule has 3 nitrogen and oxygen atoms in total. The van der Waals surface area contributed by atoms with Gasteiger partial charge in [0.25, 0.3) is 0 Å². The molecule has 0 saturated carbocycles. The minimum absolute atomic E-state index is 0.513. The molecule has 0 heterocycles. The molecule has 0 aromatic heterocycles. The molecule has 0 amide bonds. The maximum atomic E-state index is 12.5. The van der Waals surface area contributed by atoms with Crippen LogP contribution in [0.15, 0.2) is 60.7 Å². The number of rotatable bonds is 5. The molecule has 0 aliphatic carbocycles. The van der Waals surface area contributed by atoms with Crippen LogP contribution in [0.5, 0.6) is 0 Å². The highest BCUT2D eigenvalue weighted by molar-refractivity contribution is 5.76. The van der Waals surface area contributed by atoms with Crippen molar-refractivity contribution in [2.24, 2.45) is 5.92 Å². The molecule has 2 aromatic carbocycles. The summed E-state index contributed by atoms with van der Waals surface area (Å²) >= 11 is 0. The zero-order chi connectivity index (χ0) is 17.1. The van der Waals surface area contributed by atoms with E-state index in [1.54, 1.807) is 0 Å². The fourth-order valence-electron chi connectivity index (χ4n) is 3.61. The van der Waals surface area contributed by atoms with Crippen LogP contribution >= 0.6 is 0 Å². The predicted molar refractivity (Wildman–Crippen MR) is 91.1 cm³/mol. The average Bonchev–Trinajstić information content (AvgIpc) is 2.56. The lowest BCUT2D eigenvalue weighted by Gasteiger charge is -2.42. The zero-order valence-corrected chi connectivity index (χ0v) is 14.1. The molecule has 0 aliphatic heterocycles. The van der Waals surface area contributed by atoms with E-state index in [-0.39, 0.29) is 0 Å². The van der Waals surface area contributed by atoms with Gasteiger partial charge < -0.3 is 4.89 Å². The van der Waals surface area contributed by atoms with Gasteiger partial charge in [-0.05, 0) is 11.1 Å². The number of carbonyl (C=O) groups excluding carboxylic acids is 1. The van der Waals surface area contributed by atoms with Crippen molar-refractivity contribution >= 4 is 5.97 Å². The predicted octanol–water partition coefficient (Wildman–Crippen LogP) is 4.57. The van der Waals surface area contributed by atoms with Gasteiger partial charge >= 0.3 is 5.97 Å². The van der Waals surface area contributed by atoms with Gasteiger partial charge in [0.05, 0.1) is 5.92 Å². The van der Waals surface area contributed by atoms with Crippen molar-refractivity contribution in [1.29, 1.82) is 0 Å². The van der Waals surface area contributed by atoms with Crippen LogP contribution in [0.2, 0.25) is 0 Å². The first-order chi connectivity index (χ1) is 10.8. The highest BCUT2D eigenvalue weighted by Crippen LogP contribution is 2.44. The van der Waals surface area contributed by atoms with Crippen molar-refractivity contribution in [3.8, 4) is 0 Å². The van der Waals surface area contributed by atoms with E-state index in [0.717, 1.165) is 11.1 Å². The Morgan fingerprint density at radius 1 is 0.826 bits per heavy atom. The Kier molecular flexibility index (Phi) is 4.90. The summed E-state index contributed by atoms with van der Waals surface area (Å²) in [4.78, 5) is 16.7. The van der Waals surface area contributed by atoms with E-state index in [9.17, 15) is 4.79 Å². The van der Waals surface area contributed by atoms with E-state index < -0.39 is 22.7 Å². The normalized spacial score (nSPS) is 12.3. The van der Waals surface area contributed by atoms with Gasteiger partial charge in [-0.1, -0.05) is 88.4 Å². The SMILES string of the molecule is CC(C)(c1ccccc1)C(C(=O)OO)C(C)(C)c1ccccc1. The van der Waals surface area contributed by atoms with Crippen molar-refractivity contribution < 1.29 is 14.9 Å². The lowest BCUT2D eigenvalue weighted by molar-refractivity contribution is -0.243. The van der Waals surface area contributed by atoms with Crippen LogP contribution in [0.3, 0.4) is 0 Å². The number of hydrogen-bond donors (Lipinski definition) is 1. The molecular formula is C20H24O3. The second-order valence-electron chi connectivity index (χ2n) is 7.02. The van der Waals surface area contributed by atoms with Gasteiger partial charge in [0.2, 0.25) is 0 Å². The zero-order valence-electron chi connectivity index (χ0n) is 14.1. The van der Waals surface area contributed by atoms with Gasteiger partial charge in [0.15, 0.2) is 0 Å². The summed E-state index contributed by atoms with van der Waals surface area (Å²) in [5, 5.41) is 9.08. The van der Waals surface area contributed by atoms with Crippen LogP contribution in [-0.4, -0.2) is 11.2 Å². The molecule has 0 unspecified atom stereocenters. The van der Waals surface area contributed by atoms with Crippen molar-refractivity contribution in [2.45, 2.75) is 38.5 Å². The third-order valence-electron chi connectivity index (χ3n) is 4.80. The van der Waals surface area contributed by atoms with Gasteiger partial charge in [-0.2, -0.15) is 5.26 Å². The molecule has 122 valence electrons. The van der Waals surface area contributed by atoms with Crippen LogP contribution in [0.25, 0.3) is 0 Å². The average molecular weight is 312 g/mol. The Hall–Kier alpha value is -2.13. The number of hydrogen-bond acceptors (Lipinski definition) is 3. The molecule has 0 aliphatic rings. The smallest absolute Gasteiger partial charge is 0.301 e. The summed E-state index contributed by atoms with van der Waals surface area (Å²) in [5.41, 5.74) is 1.03. The van der Waals surface area contributed by atoms with Crippen LogP contribution in [0.1, 0.15) is 38.8 Å². The lowest BCUT2D eigenvalue weighted by Crippen LogP contribution is -2.47. The molecule has 0 spiro atoms. The molecule has 0 radical (unpaired) electrons. The minimum Gasteiger partial charge on any atom is -0.301 e. The van der Waals surface area contributed by atoms with Crippen molar-refractivity contribution in [3.63, 3.8) is 0 Å². The monoisotopic (exact) mass is 312 g/mol. The lowest BCUT2D eigenvalue weighted by atomic mass is 9.60. The van der Waals surface area contributed by atoms with Gasteiger partial charge in [-0.15, -0.1) is 0 Å². The van der Waals surface area contributed by atoms with Gasteiger partial charge in [-0.3, -0.25) is 0 Å². The summed E-state index contributed by atoms with van der Waals surface area (Å²) in [5.74, 6) is -1.17. The van der Waals surface area contributed by atoms with Crippen LogP contribution < -0.4 is 0 Å². The molecule has 0 atom stereocenters. The van der Waals surface area contributed by atoms with Crippen molar-refractivity contribution in [1.82, 2.24) is 0 Å². The first-order valence-electron chi connectivity index (χ1n) is 7.78.